The highest BCUT2D eigenvalue weighted by molar-refractivity contribution is 5.80. The zero-order valence-electron chi connectivity index (χ0n) is 26.1. The van der Waals surface area contributed by atoms with Crippen molar-refractivity contribution in [3.8, 4) is 0 Å². The number of nitrogens with one attached hydrogen (secondary N) is 1. The minimum atomic E-state index is -1.28. The van der Waals surface area contributed by atoms with Gasteiger partial charge in [0, 0.05) is 0 Å². The molecule has 1 amide bonds. The lowest BCUT2D eigenvalue weighted by molar-refractivity contribution is -0.132. The van der Waals surface area contributed by atoms with Gasteiger partial charge in [-0.15, -0.1) is 0 Å². The molecule has 0 spiro atoms. The minimum Gasteiger partial charge on any atom is -0.394 e. The Bertz CT molecular complexity index is 609. The maximum atomic E-state index is 12.4. The lowest BCUT2D eigenvalue weighted by Crippen LogP contribution is -2.53. The van der Waals surface area contributed by atoms with E-state index in [0.717, 1.165) is 38.5 Å². The zero-order chi connectivity index (χ0) is 29.7. The summed E-state index contributed by atoms with van der Waals surface area (Å²) in [4.78, 5) is 12.4. The number of unbranched alkanes of at least 4 members (excludes halogenated alkanes) is 17. The van der Waals surface area contributed by atoms with Crippen LogP contribution in [0.5, 0.6) is 0 Å². The number of hydrogen-bond acceptors (Lipinski definition) is 5. The Hall–Kier alpha value is -1.21. The molecule has 0 aliphatic rings. The summed E-state index contributed by atoms with van der Waals surface area (Å²) in [5.74, 6) is -0.602. The van der Waals surface area contributed by atoms with Gasteiger partial charge in [0.2, 0.25) is 5.91 Å². The van der Waals surface area contributed by atoms with E-state index < -0.39 is 36.9 Å². The molecule has 0 saturated heterocycles. The monoisotopic (exact) mass is 567 g/mol. The quantitative estimate of drug-likeness (QED) is 0.0482. The number of carbonyl (C=O) groups is 1. The van der Waals surface area contributed by atoms with E-state index in [4.69, 9.17) is 0 Å². The third-order valence-corrected chi connectivity index (χ3v) is 7.74. The normalized spacial score (nSPS) is 15.1. The maximum absolute atomic E-state index is 12.4. The molecule has 0 radical (unpaired) electrons. The summed E-state index contributed by atoms with van der Waals surface area (Å²) >= 11 is 0. The number of amides is 1. The number of allylic oxidation sites excluding steroid dienone is 4. The molecule has 236 valence electrons. The molecule has 4 unspecified atom stereocenters. The first-order valence-electron chi connectivity index (χ1n) is 16.7. The smallest absolute Gasteiger partial charge is 0.249 e. The average molecular weight is 568 g/mol. The van der Waals surface area contributed by atoms with Crippen molar-refractivity contribution >= 4 is 5.91 Å². The Morgan fingerprint density at radius 3 is 1.62 bits per heavy atom. The highest BCUT2D eigenvalue weighted by atomic mass is 16.3. The molecule has 0 aliphatic carbocycles. The number of carbonyl (C=O) groups excluding carboxylic acids is 1. The molecule has 5 N–H and O–H groups in total. The molecule has 0 aromatic rings. The van der Waals surface area contributed by atoms with Gasteiger partial charge in [-0.25, -0.2) is 0 Å². The summed E-state index contributed by atoms with van der Waals surface area (Å²) in [6, 6.07) is -1.00. The molecule has 0 aromatic carbocycles. The lowest BCUT2D eigenvalue weighted by atomic mass is 10.00. The second kappa shape index (κ2) is 29.3. The van der Waals surface area contributed by atoms with Crippen LogP contribution in [0.3, 0.4) is 0 Å². The van der Waals surface area contributed by atoms with Crippen molar-refractivity contribution < 1.29 is 25.2 Å². The molecule has 0 bridgehead atoms. The van der Waals surface area contributed by atoms with E-state index in [1.165, 1.54) is 83.5 Å². The summed E-state index contributed by atoms with van der Waals surface area (Å²) in [6.07, 6.45) is 29.4. The van der Waals surface area contributed by atoms with Crippen LogP contribution in [0.2, 0.25) is 0 Å². The molecule has 0 rings (SSSR count). The van der Waals surface area contributed by atoms with E-state index in [1.807, 2.05) is 13.0 Å². The zero-order valence-corrected chi connectivity index (χ0v) is 26.1. The van der Waals surface area contributed by atoms with Gasteiger partial charge in [0.15, 0.2) is 0 Å². The van der Waals surface area contributed by atoms with Gasteiger partial charge in [0.25, 0.3) is 0 Å². The molecule has 4 atom stereocenters. The van der Waals surface area contributed by atoms with Crippen molar-refractivity contribution in [1.29, 1.82) is 0 Å². The van der Waals surface area contributed by atoms with Crippen LogP contribution in [0, 0.1) is 0 Å². The highest BCUT2D eigenvalue weighted by Crippen LogP contribution is 2.15. The van der Waals surface area contributed by atoms with Gasteiger partial charge in [0.1, 0.15) is 12.2 Å². The van der Waals surface area contributed by atoms with E-state index in [-0.39, 0.29) is 0 Å². The SMILES string of the molecule is C/C=C/CC/C=C/CCCC(O)C(O)C(CO)NC(=O)C(O)CCCCCCCCCCCCCCCCCC. The number of aliphatic hydroxyl groups excluding tert-OH is 4. The second-order valence-electron chi connectivity index (χ2n) is 11.5. The van der Waals surface area contributed by atoms with Crippen LogP contribution >= 0.6 is 0 Å². The van der Waals surface area contributed by atoms with Crippen molar-refractivity contribution in [2.24, 2.45) is 0 Å². The number of rotatable bonds is 29. The first-order valence-corrected chi connectivity index (χ1v) is 16.7. The Kier molecular flexibility index (Phi) is 28.4. The third-order valence-electron chi connectivity index (χ3n) is 7.74. The summed E-state index contributed by atoms with van der Waals surface area (Å²) in [5, 5.41) is 43.1. The molecule has 40 heavy (non-hydrogen) atoms. The maximum Gasteiger partial charge on any atom is 0.249 e. The van der Waals surface area contributed by atoms with Gasteiger partial charge in [-0.1, -0.05) is 134 Å². The minimum absolute atomic E-state index is 0.363. The first-order chi connectivity index (χ1) is 19.5. The Labute approximate surface area is 246 Å². The Balaban J connectivity index is 3.82. The molecular formula is C34H65NO5. The molecule has 0 fully saturated rings. The fourth-order valence-electron chi connectivity index (χ4n) is 5.01. The Morgan fingerprint density at radius 1 is 0.650 bits per heavy atom. The van der Waals surface area contributed by atoms with Gasteiger partial charge in [-0.05, 0) is 45.4 Å². The van der Waals surface area contributed by atoms with Crippen molar-refractivity contribution in [3.05, 3.63) is 24.3 Å². The van der Waals surface area contributed by atoms with E-state index in [9.17, 15) is 25.2 Å². The number of aliphatic hydroxyl groups is 4. The average Bonchev–Trinajstić information content (AvgIpc) is 2.96. The van der Waals surface area contributed by atoms with Gasteiger partial charge < -0.3 is 25.7 Å². The first kappa shape index (κ1) is 38.8. The van der Waals surface area contributed by atoms with Crippen LogP contribution in [0.25, 0.3) is 0 Å². The Morgan fingerprint density at radius 2 is 1.12 bits per heavy atom. The van der Waals surface area contributed by atoms with Crippen LogP contribution in [0.4, 0.5) is 0 Å². The van der Waals surface area contributed by atoms with Crippen LogP contribution in [-0.4, -0.2) is 57.3 Å². The molecule has 6 heteroatoms. The predicted octanol–water partition coefficient (Wildman–Crippen LogP) is 7.28. The third kappa shape index (κ3) is 23.5. The molecule has 0 aromatic heterocycles. The van der Waals surface area contributed by atoms with E-state index in [1.54, 1.807) is 0 Å². The lowest BCUT2D eigenvalue weighted by Gasteiger charge is -2.27. The van der Waals surface area contributed by atoms with Gasteiger partial charge in [-0.2, -0.15) is 0 Å². The van der Waals surface area contributed by atoms with Crippen LogP contribution < -0.4 is 5.32 Å². The molecule has 0 saturated carbocycles. The molecule has 6 nitrogen and oxygen atoms in total. The van der Waals surface area contributed by atoms with Gasteiger partial charge >= 0.3 is 0 Å². The van der Waals surface area contributed by atoms with Crippen molar-refractivity contribution in [3.63, 3.8) is 0 Å². The van der Waals surface area contributed by atoms with Crippen LogP contribution in [0.1, 0.15) is 155 Å². The summed E-state index contributed by atoms with van der Waals surface area (Å²) in [6.45, 7) is 3.77. The van der Waals surface area contributed by atoms with Crippen molar-refractivity contribution in [1.82, 2.24) is 5.32 Å². The molecule has 0 aliphatic heterocycles. The fourth-order valence-corrected chi connectivity index (χ4v) is 5.01. The van der Waals surface area contributed by atoms with Crippen LogP contribution in [-0.2, 0) is 4.79 Å². The molecule has 0 heterocycles. The largest absolute Gasteiger partial charge is 0.394 e. The predicted molar refractivity (Wildman–Crippen MR) is 168 cm³/mol. The van der Waals surface area contributed by atoms with Crippen LogP contribution in [0.15, 0.2) is 24.3 Å². The standard InChI is InChI=1S/C34H65NO5/c1-3-5-7-9-11-13-14-15-16-17-18-19-20-22-24-26-28-32(38)34(40)35-30(29-36)33(39)31(37)27-25-23-21-12-10-8-6-4-2/h4,6,12,21,30-33,36-39H,3,5,7-11,13-20,22-29H2,1-2H3,(H,35,40)/b6-4+,21-12+. The van der Waals surface area contributed by atoms with E-state index in [2.05, 4.69) is 30.5 Å². The topological polar surface area (TPSA) is 110 Å². The number of hydrogen-bond donors (Lipinski definition) is 5. The molecular weight excluding hydrogens is 502 g/mol. The van der Waals surface area contributed by atoms with Gasteiger partial charge in [-0.3, -0.25) is 4.79 Å². The fraction of sp³-hybridized carbons (Fsp3) is 0.853. The second-order valence-corrected chi connectivity index (χ2v) is 11.5. The summed E-state index contributed by atoms with van der Waals surface area (Å²) < 4.78 is 0. The summed E-state index contributed by atoms with van der Waals surface area (Å²) in [7, 11) is 0. The highest BCUT2D eigenvalue weighted by Gasteiger charge is 2.28. The summed E-state index contributed by atoms with van der Waals surface area (Å²) in [5.41, 5.74) is 0. The van der Waals surface area contributed by atoms with Crippen molar-refractivity contribution in [2.45, 2.75) is 179 Å². The van der Waals surface area contributed by atoms with Gasteiger partial charge in [0.05, 0.1) is 18.8 Å². The van der Waals surface area contributed by atoms with E-state index in [0.29, 0.717) is 19.3 Å². The van der Waals surface area contributed by atoms with Crippen molar-refractivity contribution in [2.75, 3.05) is 6.61 Å². The van der Waals surface area contributed by atoms with E-state index >= 15 is 0 Å².